The number of aromatic nitrogens is 2. The van der Waals surface area contributed by atoms with Gasteiger partial charge in [-0.25, -0.2) is 4.79 Å². The van der Waals surface area contributed by atoms with Crippen molar-refractivity contribution in [2.45, 2.75) is 19.8 Å². The van der Waals surface area contributed by atoms with Gasteiger partial charge in [0.1, 0.15) is 5.69 Å². The van der Waals surface area contributed by atoms with Crippen molar-refractivity contribution >= 4 is 16.9 Å². The Morgan fingerprint density at radius 3 is 2.90 bits per heavy atom. The number of ether oxygens (including phenoxy) is 1. The number of carbonyl (C=O) groups excluding carboxylic acids is 1. The number of aromatic amines is 2. The van der Waals surface area contributed by atoms with Gasteiger partial charge in [-0.05, 0) is 43.0 Å². The molecule has 0 atom stereocenters. The average molecular weight is 280 g/mol. The molecule has 2 N–H and O–H groups in total. The maximum Gasteiger partial charge on any atom is 0.354 e. The van der Waals surface area contributed by atoms with E-state index in [0.29, 0.717) is 12.3 Å². The van der Waals surface area contributed by atoms with E-state index in [2.05, 4.69) is 28.2 Å². The summed E-state index contributed by atoms with van der Waals surface area (Å²) in [7, 11) is 0. The highest BCUT2D eigenvalue weighted by molar-refractivity contribution is 5.94. The number of H-pyrrole nitrogens is 2. The van der Waals surface area contributed by atoms with Gasteiger partial charge in [-0.15, -0.1) is 0 Å². The Labute approximate surface area is 122 Å². The fourth-order valence-electron chi connectivity index (χ4n) is 3.17. The van der Waals surface area contributed by atoms with Gasteiger partial charge in [0.05, 0.1) is 18.0 Å². The van der Waals surface area contributed by atoms with Crippen LogP contribution in [-0.2, 0) is 17.6 Å². The number of benzene rings is 1. The fraction of sp³-hybridized carbons (Fsp3) is 0.235. The van der Waals surface area contributed by atoms with Gasteiger partial charge < -0.3 is 14.7 Å². The second kappa shape index (κ2) is 4.52. The van der Waals surface area contributed by atoms with Gasteiger partial charge in [-0.1, -0.05) is 18.2 Å². The van der Waals surface area contributed by atoms with E-state index in [0.717, 1.165) is 29.7 Å². The predicted octanol–water partition coefficient (Wildman–Crippen LogP) is 3.44. The van der Waals surface area contributed by atoms with Gasteiger partial charge in [0.2, 0.25) is 0 Å². The largest absolute Gasteiger partial charge is 0.461 e. The molecule has 0 amide bonds. The summed E-state index contributed by atoms with van der Waals surface area (Å²) >= 11 is 0. The number of para-hydroxylation sites is 1. The van der Waals surface area contributed by atoms with Gasteiger partial charge in [0.25, 0.3) is 0 Å². The van der Waals surface area contributed by atoms with Crippen LogP contribution in [0.25, 0.3) is 22.3 Å². The SMILES string of the molecule is CCOC(=O)c1cc2c([nH]1)-c1[nH]c3ccccc3c1CC2. The minimum atomic E-state index is -0.287. The molecule has 106 valence electrons. The molecule has 21 heavy (non-hydrogen) atoms. The number of hydrogen-bond acceptors (Lipinski definition) is 2. The first kappa shape index (κ1) is 12.3. The van der Waals surface area contributed by atoms with Crippen molar-refractivity contribution in [1.82, 2.24) is 9.97 Å². The van der Waals surface area contributed by atoms with Crippen LogP contribution in [0.1, 0.15) is 28.5 Å². The first-order valence-electron chi connectivity index (χ1n) is 7.27. The second-order valence-electron chi connectivity index (χ2n) is 5.33. The molecule has 0 unspecified atom stereocenters. The molecule has 0 aliphatic heterocycles. The van der Waals surface area contributed by atoms with Crippen molar-refractivity contribution in [3.63, 3.8) is 0 Å². The smallest absolute Gasteiger partial charge is 0.354 e. The van der Waals surface area contributed by atoms with Crippen molar-refractivity contribution in [3.05, 3.63) is 47.2 Å². The van der Waals surface area contributed by atoms with Crippen LogP contribution in [-0.4, -0.2) is 22.5 Å². The molecule has 0 radical (unpaired) electrons. The third kappa shape index (κ3) is 1.79. The molecule has 0 saturated heterocycles. The molecule has 0 fully saturated rings. The highest BCUT2D eigenvalue weighted by Crippen LogP contribution is 2.37. The van der Waals surface area contributed by atoms with Gasteiger partial charge in [0.15, 0.2) is 0 Å². The number of carbonyl (C=O) groups is 1. The molecule has 1 aliphatic rings. The van der Waals surface area contributed by atoms with Crippen molar-refractivity contribution in [3.8, 4) is 11.4 Å². The fourth-order valence-corrected chi connectivity index (χ4v) is 3.17. The van der Waals surface area contributed by atoms with E-state index >= 15 is 0 Å². The third-order valence-electron chi connectivity index (χ3n) is 4.10. The second-order valence-corrected chi connectivity index (χ2v) is 5.33. The lowest BCUT2D eigenvalue weighted by molar-refractivity contribution is 0.0520. The highest BCUT2D eigenvalue weighted by atomic mass is 16.5. The van der Waals surface area contributed by atoms with Crippen LogP contribution in [0.5, 0.6) is 0 Å². The van der Waals surface area contributed by atoms with Gasteiger partial charge in [-0.2, -0.15) is 0 Å². The van der Waals surface area contributed by atoms with E-state index in [4.69, 9.17) is 4.74 Å². The van der Waals surface area contributed by atoms with E-state index in [9.17, 15) is 4.79 Å². The number of fused-ring (bicyclic) bond motifs is 5. The number of nitrogens with one attached hydrogen (secondary N) is 2. The van der Waals surface area contributed by atoms with E-state index in [1.54, 1.807) is 0 Å². The predicted molar refractivity (Wildman–Crippen MR) is 81.4 cm³/mol. The van der Waals surface area contributed by atoms with Crippen LogP contribution < -0.4 is 0 Å². The van der Waals surface area contributed by atoms with Crippen LogP contribution in [0, 0.1) is 0 Å². The van der Waals surface area contributed by atoms with E-state index < -0.39 is 0 Å². The molecule has 2 aromatic heterocycles. The molecule has 0 saturated carbocycles. The number of hydrogen-bond donors (Lipinski definition) is 2. The number of esters is 1. The zero-order valence-electron chi connectivity index (χ0n) is 11.8. The van der Waals surface area contributed by atoms with Gasteiger partial charge >= 0.3 is 5.97 Å². The molecule has 4 rings (SSSR count). The molecule has 0 spiro atoms. The Kier molecular flexibility index (Phi) is 2.64. The monoisotopic (exact) mass is 280 g/mol. The zero-order chi connectivity index (χ0) is 14.4. The Morgan fingerprint density at radius 1 is 1.19 bits per heavy atom. The van der Waals surface area contributed by atoms with Crippen LogP contribution >= 0.6 is 0 Å². The van der Waals surface area contributed by atoms with Crippen molar-refractivity contribution in [1.29, 1.82) is 0 Å². The topological polar surface area (TPSA) is 57.9 Å². The Morgan fingerprint density at radius 2 is 2.05 bits per heavy atom. The molecular formula is C17H16N2O2. The zero-order valence-corrected chi connectivity index (χ0v) is 11.8. The average Bonchev–Trinajstić information content (AvgIpc) is 3.08. The van der Waals surface area contributed by atoms with Crippen LogP contribution in [0.3, 0.4) is 0 Å². The van der Waals surface area contributed by atoms with Crippen LogP contribution in [0.2, 0.25) is 0 Å². The summed E-state index contributed by atoms with van der Waals surface area (Å²) in [6, 6.07) is 10.2. The van der Waals surface area contributed by atoms with E-state index in [-0.39, 0.29) is 5.97 Å². The molecule has 4 nitrogen and oxygen atoms in total. The molecule has 1 aromatic carbocycles. The Balaban J connectivity index is 1.86. The normalized spacial score (nSPS) is 13.0. The quantitative estimate of drug-likeness (QED) is 0.706. The lowest BCUT2D eigenvalue weighted by Gasteiger charge is -2.11. The van der Waals surface area contributed by atoms with Gasteiger partial charge in [0, 0.05) is 10.9 Å². The van der Waals surface area contributed by atoms with Crippen LogP contribution in [0.15, 0.2) is 30.3 Å². The minimum Gasteiger partial charge on any atom is -0.461 e. The van der Waals surface area contributed by atoms with Crippen LogP contribution in [0.4, 0.5) is 0 Å². The standard InChI is InChI=1S/C17H16N2O2/c1-2-21-17(20)14-9-10-7-8-12-11-5-3-4-6-13(11)18-16(12)15(10)19-14/h3-6,9,18-19H,2,7-8H2,1H3. The number of rotatable bonds is 2. The Bertz CT molecular complexity index is 842. The molecule has 2 heterocycles. The highest BCUT2D eigenvalue weighted by Gasteiger charge is 2.24. The van der Waals surface area contributed by atoms with Crippen molar-refractivity contribution < 1.29 is 9.53 Å². The molecule has 1 aliphatic carbocycles. The lowest BCUT2D eigenvalue weighted by atomic mass is 9.94. The molecule has 0 bridgehead atoms. The maximum atomic E-state index is 11.9. The summed E-state index contributed by atoms with van der Waals surface area (Å²) in [5, 5.41) is 1.27. The summed E-state index contributed by atoms with van der Waals surface area (Å²) in [5.41, 5.74) is 6.31. The first-order valence-corrected chi connectivity index (χ1v) is 7.27. The summed E-state index contributed by atoms with van der Waals surface area (Å²) in [5.74, 6) is -0.287. The van der Waals surface area contributed by atoms with E-state index in [1.807, 2.05) is 19.1 Å². The molecular weight excluding hydrogens is 264 g/mol. The summed E-state index contributed by atoms with van der Waals surface area (Å²) in [4.78, 5) is 18.6. The van der Waals surface area contributed by atoms with Gasteiger partial charge in [-0.3, -0.25) is 0 Å². The summed E-state index contributed by atoms with van der Waals surface area (Å²) < 4.78 is 5.07. The minimum absolute atomic E-state index is 0.287. The van der Waals surface area contributed by atoms with Crippen molar-refractivity contribution in [2.75, 3.05) is 6.61 Å². The molecule has 4 heteroatoms. The lowest BCUT2D eigenvalue weighted by Crippen LogP contribution is -2.04. The Hall–Kier alpha value is -2.49. The first-order chi connectivity index (χ1) is 10.3. The third-order valence-corrected chi connectivity index (χ3v) is 4.10. The summed E-state index contributed by atoms with van der Waals surface area (Å²) in [6.45, 7) is 2.21. The van der Waals surface area contributed by atoms with E-state index in [1.165, 1.54) is 16.5 Å². The summed E-state index contributed by atoms with van der Waals surface area (Å²) in [6.07, 6.45) is 1.94. The maximum absolute atomic E-state index is 11.9. The molecule has 3 aromatic rings. The van der Waals surface area contributed by atoms with Crippen molar-refractivity contribution in [2.24, 2.45) is 0 Å². The number of aryl methyl sites for hydroxylation is 2.